The van der Waals surface area contributed by atoms with Gasteiger partial charge in [0.1, 0.15) is 0 Å². The van der Waals surface area contributed by atoms with Crippen LogP contribution in [0.15, 0.2) is 52.3 Å². The van der Waals surface area contributed by atoms with Gasteiger partial charge in [0.15, 0.2) is 0 Å². The summed E-state index contributed by atoms with van der Waals surface area (Å²) in [7, 11) is -3.54. The Morgan fingerprint density at radius 1 is 1.00 bits per heavy atom. The molecule has 0 bridgehead atoms. The van der Waals surface area contributed by atoms with Gasteiger partial charge in [-0.15, -0.1) is 0 Å². The maximum Gasteiger partial charge on any atom is 0.248 e. The molecule has 5 nitrogen and oxygen atoms in total. The van der Waals surface area contributed by atoms with Gasteiger partial charge in [-0.25, -0.2) is 13.1 Å². The van der Waals surface area contributed by atoms with E-state index in [9.17, 15) is 13.2 Å². The standard InChI is InChI=1S/C15H18N2O3S/c1-15(2,3)17-21(19,20)13-6-4-11(5-7-13)12-8-9-16-14(18)10-12/h4-10,17H,1-3H3,(H,16,18). The van der Waals surface area contributed by atoms with Gasteiger partial charge in [-0.3, -0.25) is 4.79 Å². The van der Waals surface area contributed by atoms with Crippen LogP contribution < -0.4 is 10.3 Å². The highest BCUT2D eigenvalue weighted by atomic mass is 32.2. The quantitative estimate of drug-likeness (QED) is 0.911. The summed E-state index contributed by atoms with van der Waals surface area (Å²) in [5.74, 6) is 0. The van der Waals surface area contributed by atoms with Crippen molar-refractivity contribution in [2.24, 2.45) is 0 Å². The molecular formula is C15H18N2O3S. The number of aromatic amines is 1. The first kappa shape index (κ1) is 15.5. The molecule has 0 aliphatic carbocycles. The highest BCUT2D eigenvalue weighted by Gasteiger charge is 2.21. The number of rotatable bonds is 3. The number of aromatic nitrogens is 1. The molecule has 112 valence electrons. The van der Waals surface area contributed by atoms with Crippen LogP contribution in [0.25, 0.3) is 11.1 Å². The Morgan fingerprint density at radius 2 is 1.62 bits per heavy atom. The second-order valence-electron chi connectivity index (χ2n) is 5.82. The Bertz CT molecular complexity index is 785. The third-order valence-electron chi connectivity index (χ3n) is 2.71. The second kappa shape index (κ2) is 5.46. The summed E-state index contributed by atoms with van der Waals surface area (Å²) in [6, 6.07) is 9.67. The van der Waals surface area contributed by atoms with Crippen LogP contribution >= 0.6 is 0 Å². The number of benzene rings is 1. The van der Waals surface area contributed by atoms with Crippen molar-refractivity contribution in [2.75, 3.05) is 0 Å². The van der Waals surface area contributed by atoms with Crippen molar-refractivity contribution in [3.05, 3.63) is 52.9 Å². The molecule has 6 heteroatoms. The van der Waals surface area contributed by atoms with Gasteiger partial charge < -0.3 is 4.98 Å². The predicted molar refractivity (Wildman–Crippen MR) is 82.6 cm³/mol. The third kappa shape index (κ3) is 4.03. The van der Waals surface area contributed by atoms with E-state index < -0.39 is 15.6 Å². The molecule has 2 rings (SSSR count). The van der Waals surface area contributed by atoms with Gasteiger partial charge in [0.05, 0.1) is 4.90 Å². The van der Waals surface area contributed by atoms with E-state index in [0.29, 0.717) is 0 Å². The van der Waals surface area contributed by atoms with E-state index in [1.807, 2.05) is 0 Å². The van der Waals surface area contributed by atoms with Crippen LogP contribution in [-0.4, -0.2) is 18.9 Å². The topological polar surface area (TPSA) is 79.0 Å². The maximum absolute atomic E-state index is 12.2. The second-order valence-corrected chi connectivity index (χ2v) is 7.50. The lowest BCUT2D eigenvalue weighted by Gasteiger charge is -2.20. The van der Waals surface area contributed by atoms with Crippen LogP contribution in [0.1, 0.15) is 20.8 Å². The van der Waals surface area contributed by atoms with Crippen LogP contribution in [0.2, 0.25) is 0 Å². The molecule has 0 atom stereocenters. The molecule has 0 saturated heterocycles. The first-order valence-electron chi connectivity index (χ1n) is 6.51. The summed E-state index contributed by atoms with van der Waals surface area (Å²) in [6.45, 7) is 5.36. The highest BCUT2D eigenvalue weighted by molar-refractivity contribution is 7.89. The normalized spacial score (nSPS) is 12.3. The van der Waals surface area contributed by atoms with Gasteiger partial charge in [-0.2, -0.15) is 0 Å². The number of nitrogens with one attached hydrogen (secondary N) is 2. The smallest absolute Gasteiger partial charge is 0.248 e. The van der Waals surface area contributed by atoms with Gasteiger partial charge in [0.2, 0.25) is 15.6 Å². The number of sulfonamides is 1. The number of pyridine rings is 1. The summed E-state index contributed by atoms with van der Waals surface area (Å²) >= 11 is 0. The Labute approximate surface area is 124 Å². The van der Waals surface area contributed by atoms with Crippen LogP contribution in [-0.2, 0) is 10.0 Å². The van der Waals surface area contributed by atoms with Crippen LogP contribution in [0.3, 0.4) is 0 Å². The van der Waals surface area contributed by atoms with Crippen molar-refractivity contribution in [3.63, 3.8) is 0 Å². The SMILES string of the molecule is CC(C)(C)NS(=O)(=O)c1ccc(-c2cc[nH]c(=O)c2)cc1. The van der Waals surface area contributed by atoms with Crippen LogP contribution in [0, 0.1) is 0 Å². The molecule has 0 amide bonds. The van der Waals surface area contributed by atoms with E-state index >= 15 is 0 Å². The van der Waals surface area contributed by atoms with E-state index in [-0.39, 0.29) is 10.5 Å². The maximum atomic E-state index is 12.2. The molecule has 0 unspecified atom stereocenters. The molecule has 21 heavy (non-hydrogen) atoms. The van der Waals surface area contributed by atoms with Gasteiger partial charge >= 0.3 is 0 Å². The predicted octanol–water partition coefficient (Wildman–Crippen LogP) is 2.12. The zero-order valence-corrected chi connectivity index (χ0v) is 13.0. The fourth-order valence-corrected chi connectivity index (χ4v) is 3.33. The highest BCUT2D eigenvalue weighted by Crippen LogP contribution is 2.20. The van der Waals surface area contributed by atoms with Gasteiger partial charge in [-0.1, -0.05) is 12.1 Å². The Balaban J connectivity index is 2.33. The molecule has 0 fully saturated rings. The molecule has 0 aliphatic heterocycles. The van der Waals surface area contributed by atoms with Gasteiger partial charge in [-0.05, 0) is 50.1 Å². The molecule has 2 N–H and O–H groups in total. The first-order chi connectivity index (χ1) is 9.67. The summed E-state index contributed by atoms with van der Waals surface area (Å²) < 4.78 is 27.0. The lowest BCUT2D eigenvalue weighted by molar-refractivity contribution is 0.491. The lowest BCUT2D eigenvalue weighted by atomic mass is 10.1. The minimum Gasteiger partial charge on any atom is -0.329 e. The van der Waals surface area contributed by atoms with Crippen molar-refractivity contribution in [1.82, 2.24) is 9.71 Å². The lowest BCUT2D eigenvalue weighted by Crippen LogP contribution is -2.40. The summed E-state index contributed by atoms with van der Waals surface area (Å²) in [4.78, 5) is 14.0. The van der Waals surface area contributed by atoms with Crippen molar-refractivity contribution in [3.8, 4) is 11.1 Å². The van der Waals surface area contributed by atoms with E-state index in [1.165, 1.54) is 18.2 Å². The fourth-order valence-electron chi connectivity index (χ4n) is 1.91. The van der Waals surface area contributed by atoms with Crippen molar-refractivity contribution >= 4 is 10.0 Å². The van der Waals surface area contributed by atoms with E-state index in [2.05, 4.69) is 9.71 Å². The minimum atomic E-state index is -3.54. The summed E-state index contributed by atoms with van der Waals surface area (Å²) in [6.07, 6.45) is 1.56. The summed E-state index contributed by atoms with van der Waals surface area (Å²) in [5, 5.41) is 0. The van der Waals surface area contributed by atoms with Crippen molar-refractivity contribution in [2.45, 2.75) is 31.2 Å². The van der Waals surface area contributed by atoms with Crippen molar-refractivity contribution in [1.29, 1.82) is 0 Å². The van der Waals surface area contributed by atoms with Crippen LogP contribution in [0.5, 0.6) is 0 Å². The first-order valence-corrected chi connectivity index (χ1v) is 7.99. The van der Waals surface area contributed by atoms with E-state index in [1.54, 1.807) is 45.2 Å². The van der Waals surface area contributed by atoms with Crippen LogP contribution in [0.4, 0.5) is 0 Å². The Morgan fingerprint density at radius 3 is 2.14 bits per heavy atom. The van der Waals surface area contributed by atoms with Gasteiger partial charge in [0.25, 0.3) is 0 Å². The average Bonchev–Trinajstić information content (AvgIpc) is 2.36. The molecule has 0 aliphatic rings. The fraction of sp³-hybridized carbons (Fsp3) is 0.267. The van der Waals surface area contributed by atoms with Gasteiger partial charge in [0, 0.05) is 17.8 Å². The molecule has 1 aromatic heterocycles. The van der Waals surface area contributed by atoms with E-state index in [0.717, 1.165) is 11.1 Å². The van der Waals surface area contributed by atoms with Crippen molar-refractivity contribution < 1.29 is 8.42 Å². The largest absolute Gasteiger partial charge is 0.329 e. The monoisotopic (exact) mass is 306 g/mol. The number of hydrogen-bond acceptors (Lipinski definition) is 3. The van der Waals surface area contributed by atoms with E-state index in [4.69, 9.17) is 0 Å². The average molecular weight is 306 g/mol. The zero-order chi connectivity index (χ0) is 15.7. The molecule has 1 aromatic carbocycles. The zero-order valence-electron chi connectivity index (χ0n) is 12.2. The summed E-state index contributed by atoms with van der Waals surface area (Å²) in [5.41, 5.74) is 0.797. The molecule has 0 radical (unpaired) electrons. The molecule has 0 spiro atoms. The Kier molecular flexibility index (Phi) is 4.02. The number of H-pyrrole nitrogens is 1. The number of hydrogen-bond donors (Lipinski definition) is 2. The molecular weight excluding hydrogens is 288 g/mol. The molecule has 0 saturated carbocycles. The molecule has 2 aromatic rings. The Hall–Kier alpha value is -1.92. The third-order valence-corrected chi connectivity index (χ3v) is 4.49. The molecule has 1 heterocycles. The minimum absolute atomic E-state index is 0.196.